The van der Waals surface area contributed by atoms with Crippen LogP contribution in [0.2, 0.25) is 0 Å². The van der Waals surface area contributed by atoms with E-state index in [-0.39, 0.29) is 18.9 Å². The van der Waals surface area contributed by atoms with Crippen LogP contribution in [-0.4, -0.2) is 15.7 Å². The summed E-state index contributed by atoms with van der Waals surface area (Å²) >= 11 is 0. The zero-order valence-electron chi connectivity index (χ0n) is 8.16. The number of nitrogens with zero attached hydrogens (tertiary/aromatic N) is 3. The van der Waals surface area contributed by atoms with E-state index in [0.29, 0.717) is 18.5 Å². The first kappa shape index (κ1) is 10.1. The van der Waals surface area contributed by atoms with E-state index in [1.165, 1.54) is 6.20 Å². The Bertz CT molecular complexity index is 382. The third-order valence-electron chi connectivity index (χ3n) is 2.82. The molecule has 0 aromatic carbocycles. The molecule has 80 valence electrons. The molecule has 0 N–H and O–H groups in total. The molecule has 1 aliphatic rings. The number of aromatic nitrogens is 2. The Kier molecular flexibility index (Phi) is 2.43. The first-order valence-corrected chi connectivity index (χ1v) is 4.94. The molecule has 0 aliphatic heterocycles. The highest BCUT2D eigenvalue weighted by atomic mass is 19.3. The highest BCUT2D eigenvalue weighted by molar-refractivity contribution is 5.19. The molecule has 15 heavy (non-hydrogen) atoms. The molecule has 3 nitrogen and oxygen atoms in total. The molecule has 1 saturated carbocycles. The second-order valence-electron chi connectivity index (χ2n) is 3.86. The molecule has 1 fully saturated rings. The molecule has 1 heterocycles. The standard InChI is InChI=1S/C10H11F2N3/c11-10(12)4-1-8(2-5-10)15-9(7-13)3-6-14-15/h3,6,8H,1-2,4-5H2. The van der Waals surface area contributed by atoms with E-state index in [4.69, 9.17) is 5.26 Å². The predicted octanol–water partition coefficient (Wildman–Crippen LogP) is 2.51. The Morgan fingerprint density at radius 1 is 1.47 bits per heavy atom. The van der Waals surface area contributed by atoms with E-state index in [9.17, 15) is 8.78 Å². The summed E-state index contributed by atoms with van der Waals surface area (Å²) in [5.41, 5.74) is 0.449. The van der Waals surface area contributed by atoms with Crippen molar-refractivity contribution in [2.45, 2.75) is 37.6 Å². The van der Waals surface area contributed by atoms with Crippen molar-refractivity contribution in [3.8, 4) is 6.07 Å². The summed E-state index contributed by atoms with van der Waals surface area (Å²) < 4.78 is 27.4. The molecule has 0 saturated heterocycles. The van der Waals surface area contributed by atoms with Crippen LogP contribution in [0.5, 0.6) is 0 Å². The van der Waals surface area contributed by atoms with Crippen LogP contribution in [0.15, 0.2) is 12.3 Å². The lowest BCUT2D eigenvalue weighted by Gasteiger charge is -2.28. The summed E-state index contributed by atoms with van der Waals surface area (Å²) in [4.78, 5) is 0. The summed E-state index contributed by atoms with van der Waals surface area (Å²) in [7, 11) is 0. The van der Waals surface area contributed by atoms with E-state index >= 15 is 0 Å². The smallest absolute Gasteiger partial charge is 0.248 e. The quantitative estimate of drug-likeness (QED) is 0.716. The van der Waals surface area contributed by atoms with Gasteiger partial charge in [0.2, 0.25) is 5.92 Å². The lowest BCUT2D eigenvalue weighted by molar-refractivity contribution is -0.0450. The van der Waals surface area contributed by atoms with E-state index in [2.05, 4.69) is 5.10 Å². The normalized spacial score (nSPS) is 21.1. The van der Waals surface area contributed by atoms with Crippen molar-refractivity contribution in [2.24, 2.45) is 0 Å². The molecule has 2 rings (SSSR count). The van der Waals surface area contributed by atoms with Crippen molar-refractivity contribution in [3.63, 3.8) is 0 Å². The average molecular weight is 211 g/mol. The zero-order valence-corrected chi connectivity index (χ0v) is 8.16. The lowest BCUT2D eigenvalue weighted by Crippen LogP contribution is -2.27. The van der Waals surface area contributed by atoms with Gasteiger partial charge in [-0.05, 0) is 18.9 Å². The summed E-state index contributed by atoms with van der Waals surface area (Å²) in [6.45, 7) is 0. The highest BCUT2D eigenvalue weighted by Gasteiger charge is 2.36. The average Bonchev–Trinajstić information content (AvgIpc) is 2.65. The second kappa shape index (κ2) is 3.61. The van der Waals surface area contributed by atoms with E-state index in [1.807, 2.05) is 6.07 Å². The fourth-order valence-electron chi connectivity index (χ4n) is 1.96. The van der Waals surface area contributed by atoms with Gasteiger partial charge < -0.3 is 0 Å². The molecule has 0 radical (unpaired) electrons. The van der Waals surface area contributed by atoms with Gasteiger partial charge in [0, 0.05) is 12.8 Å². The SMILES string of the molecule is N#Cc1ccnn1C1CCC(F)(F)CC1. The van der Waals surface area contributed by atoms with E-state index < -0.39 is 5.92 Å². The van der Waals surface area contributed by atoms with Gasteiger partial charge in [-0.15, -0.1) is 0 Å². The zero-order chi connectivity index (χ0) is 10.9. The minimum Gasteiger partial charge on any atom is -0.252 e. The van der Waals surface area contributed by atoms with Crippen LogP contribution >= 0.6 is 0 Å². The van der Waals surface area contributed by atoms with Gasteiger partial charge >= 0.3 is 0 Å². The minimum absolute atomic E-state index is 0.0470. The highest BCUT2D eigenvalue weighted by Crippen LogP contribution is 2.38. The van der Waals surface area contributed by atoms with Crippen LogP contribution in [0.3, 0.4) is 0 Å². The molecular formula is C10H11F2N3. The van der Waals surface area contributed by atoms with Crippen molar-refractivity contribution >= 4 is 0 Å². The molecule has 1 aliphatic carbocycles. The summed E-state index contributed by atoms with van der Waals surface area (Å²) in [6, 6.07) is 3.56. The number of hydrogen-bond donors (Lipinski definition) is 0. The van der Waals surface area contributed by atoms with Crippen molar-refractivity contribution < 1.29 is 8.78 Å². The maximum absolute atomic E-state index is 12.9. The largest absolute Gasteiger partial charge is 0.252 e. The number of hydrogen-bond acceptors (Lipinski definition) is 2. The molecule has 0 spiro atoms. The van der Waals surface area contributed by atoms with Crippen LogP contribution in [0.4, 0.5) is 8.78 Å². The van der Waals surface area contributed by atoms with Crippen LogP contribution in [0.1, 0.15) is 37.4 Å². The molecular weight excluding hydrogens is 200 g/mol. The maximum atomic E-state index is 12.9. The predicted molar refractivity (Wildman–Crippen MR) is 49.4 cm³/mol. The van der Waals surface area contributed by atoms with Gasteiger partial charge in [-0.3, -0.25) is 4.68 Å². The number of nitriles is 1. The fourth-order valence-corrected chi connectivity index (χ4v) is 1.96. The topological polar surface area (TPSA) is 41.6 Å². The number of rotatable bonds is 1. The van der Waals surface area contributed by atoms with Gasteiger partial charge in [-0.25, -0.2) is 8.78 Å². The van der Waals surface area contributed by atoms with E-state index in [1.54, 1.807) is 10.7 Å². The first-order valence-electron chi connectivity index (χ1n) is 4.94. The number of alkyl halides is 2. The van der Waals surface area contributed by atoms with Crippen molar-refractivity contribution in [2.75, 3.05) is 0 Å². The van der Waals surface area contributed by atoms with Crippen LogP contribution in [-0.2, 0) is 0 Å². The fraction of sp³-hybridized carbons (Fsp3) is 0.600. The Labute approximate surface area is 86.3 Å². The van der Waals surface area contributed by atoms with Gasteiger partial charge in [-0.1, -0.05) is 0 Å². The van der Waals surface area contributed by atoms with Gasteiger partial charge in [0.1, 0.15) is 11.8 Å². The van der Waals surface area contributed by atoms with Gasteiger partial charge in [0.25, 0.3) is 0 Å². The van der Waals surface area contributed by atoms with Crippen LogP contribution in [0.25, 0.3) is 0 Å². The summed E-state index contributed by atoms with van der Waals surface area (Å²) in [5, 5.41) is 12.8. The first-order chi connectivity index (χ1) is 7.12. The number of halogens is 2. The van der Waals surface area contributed by atoms with Gasteiger partial charge in [-0.2, -0.15) is 10.4 Å². The Hall–Kier alpha value is -1.44. The van der Waals surface area contributed by atoms with Crippen molar-refractivity contribution in [3.05, 3.63) is 18.0 Å². The van der Waals surface area contributed by atoms with Crippen molar-refractivity contribution in [1.29, 1.82) is 5.26 Å². The van der Waals surface area contributed by atoms with Gasteiger partial charge in [0.15, 0.2) is 0 Å². The molecule has 5 heteroatoms. The summed E-state index contributed by atoms with van der Waals surface area (Å²) in [5.74, 6) is -2.53. The lowest BCUT2D eigenvalue weighted by atomic mass is 9.92. The molecule has 0 amide bonds. The van der Waals surface area contributed by atoms with Gasteiger partial charge in [0.05, 0.1) is 12.2 Å². The van der Waals surface area contributed by atoms with Crippen LogP contribution in [0, 0.1) is 11.3 Å². The Morgan fingerprint density at radius 3 is 2.73 bits per heavy atom. The maximum Gasteiger partial charge on any atom is 0.248 e. The molecule has 1 aromatic heterocycles. The summed E-state index contributed by atoms with van der Waals surface area (Å²) in [6.07, 6.45) is 2.10. The molecule has 0 atom stereocenters. The molecule has 0 unspecified atom stereocenters. The molecule has 1 aromatic rings. The third-order valence-corrected chi connectivity index (χ3v) is 2.82. The minimum atomic E-state index is -2.53. The third kappa shape index (κ3) is 1.99. The second-order valence-corrected chi connectivity index (χ2v) is 3.86. The Balaban J connectivity index is 2.12. The molecule has 0 bridgehead atoms. The Morgan fingerprint density at radius 2 is 2.13 bits per heavy atom. The van der Waals surface area contributed by atoms with Crippen LogP contribution < -0.4 is 0 Å². The monoisotopic (exact) mass is 211 g/mol. The van der Waals surface area contributed by atoms with E-state index in [0.717, 1.165) is 0 Å². The van der Waals surface area contributed by atoms with Crippen molar-refractivity contribution in [1.82, 2.24) is 9.78 Å².